The van der Waals surface area contributed by atoms with E-state index in [0.717, 1.165) is 29.9 Å². The largest absolute Gasteiger partial charge is 0.493 e. The van der Waals surface area contributed by atoms with Crippen molar-refractivity contribution in [1.29, 1.82) is 0 Å². The van der Waals surface area contributed by atoms with Crippen molar-refractivity contribution in [2.24, 2.45) is 0 Å². The summed E-state index contributed by atoms with van der Waals surface area (Å²) in [6.07, 6.45) is 2.30. The van der Waals surface area contributed by atoms with Crippen molar-refractivity contribution in [1.82, 2.24) is 9.97 Å². The first-order chi connectivity index (χ1) is 9.71. The summed E-state index contributed by atoms with van der Waals surface area (Å²) in [5.74, 6) is 3.19. The number of nitrogen functional groups attached to an aromatic ring is 1. The maximum atomic E-state index is 5.88. The average molecular weight is 271 g/mol. The SMILES string of the molecule is COc1ccc(-c2cc(N)nc(C3CC3)n2)cc1OC. The van der Waals surface area contributed by atoms with Crippen LogP contribution >= 0.6 is 0 Å². The van der Waals surface area contributed by atoms with E-state index in [0.29, 0.717) is 23.2 Å². The number of nitrogens with zero attached hydrogens (tertiary/aromatic N) is 2. The summed E-state index contributed by atoms with van der Waals surface area (Å²) in [5, 5.41) is 0. The van der Waals surface area contributed by atoms with Gasteiger partial charge in [-0.1, -0.05) is 0 Å². The highest BCUT2D eigenvalue weighted by Crippen LogP contribution is 2.39. The van der Waals surface area contributed by atoms with Gasteiger partial charge >= 0.3 is 0 Å². The van der Waals surface area contributed by atoms with Crippen LogP contribution in [0.2, 0.25) is 0 Å². The summed E-state index contributed by atoms with van der Waals surface area (Å²) in [6.45, 7) is 0. The second kappa shape index (κ2) is 5.00. The Labute approximate surface area is 117 Å². The van der Waals surface area contributed by atoms with E-state index in [-0.39, 0.29) is 0 Å². The Hall–Kier alpha value is -2.30. The lowest BCUT2D eigenvalue weighted by atomic mass is 10.1. The minimum Gasteiger partial charge on any atom is -0.493 e. The van der Waals surface area contributed by atoms with Gasteiger partial charge in [0.1, 0.15) is 11.6 Å². The Morgan fingerprint density at radius 1 is 1.05 bits per heavy atom. The third-order valence-corrected chi connectivity index (χ3v) is 3.39. The molecular formula is C15H17N3O2. The van der Waals surface area contributed by atoms with Crippen LogP contribution in [0.3, 0.4) is 0 Å². The third kappa shape index (κ3) is 2.39. The van der Waals surface area contributed by atoms with Crippen molar-refractivity contribution in [3.8, 4) is 22.8 Å². The van der Waals surface area contributed by atoms with E-state index >= 15 is 0 Å². The summed E-state index contributed by atoms with van der Waals surface area (Å²) in [6, 6.07) is 7.49. The van der Waals surface area contributed by atoms with Gasteiger partial charge in [0.05, 0.1) is 19.9 Å². The Balaban J connectivity index is 2.03. The van der Waals surface area contributed by atoms with Crippen molar-refractivity contribution in [2.75, 3.05) is 20.0 Å². The van der Waals surface area contributed by atoms with Gasteiger partial charge in [-0.15, -0.1) is 0 Å². The molecule has 1 fully saturated rings. The molecule has 0 amide bonds. The van der Waals surface area contributed by atoms with Crippen molar-refractivity contribution >= 4 is 5.82 Å². The molecule has 1 aromatic heterocycles. The molecule has 1 aliphatic carbocycles. The molecule has 3 rings (SSSR count). The predicted octanol–water partition coefficient (Wildman–Crippen LogP) is 2.62. The Morgan fingerprint density at radius 2 is 1.80 bits per heavy atom. The molecule has 0 atom stereocenters. The van der Waals surface area contributed by atoms with Crippen molar-refractivity contribution in [3.05, 3.63) is 30.1 Å². The van der Waals surface area contributed by atoms with Crippen LogP contribution < -0.4 is 15.2 Å². The van der Waals surface area contributed by atoms with Crippen molar-refractivity contribution < 1.29 is 9.47 Å². The highest BCUT2D eigenvalue weighted by atomic mass is 16.5. The van der Waals surface area contributed by atoms with Crippen molar-refractivity contribution in [2.45, 2.75) is 18.8 Å². The molecule has 5 nitrogen and oxygen atoms in total. The van der Waals surface area contributed by atoms with Gasteiger partial charge in [0.15, 0.2) is 11.5 Å². The fourth-order valence-electron chi connectivity index (χ4n) is 2.15. The molecule has 1 saturated carbocycles. The van der Waals surface area contributed by atoms with Gasteiger partial charge in [0.2, 0.25) is 0 Å². The quantitative estimate of drug-likeness (QED) is 0.925. The van der Waals surface area contributed by atoms with E-state index in [2.05, 4.69) is 9.97 Å². The number of anilines is 1. The number of hydrogen-bond acceptors (Lipinski definition) is 5. The van der Waals surface area contributed by atoms with Gasteiger partial charge in [-0.05, 0) is 31.0 Å². The van der Waals surface area contributed by atoms with Crippen LogP contribution in [0.1, 0.15) is 24.6 Å². The number of ether oxygens (including phenoxy) is 2. The van der Waals surface area contributed by atoms with E-state index in [1.165, 1.54) is 0 Å². The fourth-order valence-corrected chi connectivity index (χ4v) is 2.15. The highest BCUT2D eigenvalue weighted by molar-refractivity contribution is 5.66. The van der Waals surface area contributed by atoms with Gasteiger partial charge in [0.25, 0.3) is 0 Å². The van der Waals surface area contributed by atoms with Gasteiger partial charge in [-0.3, -0.25) is 0 Å². The van der Waals surface area contributed by atoms with Crippen LogP contribution in [-0.2, 0) is 0 Å². The third-order valence-electron chi connectivity index (χ3n) is 3.39. The molecule has 1 heterocycles. The standard InChI is InChI=1S/C15H17N3O2/c1-19-12-6-5-10(7-13(12)20-2)11-8-14(16)18-15(17-11)9-3-4-9/h5-9H,3-4H2,1-2H3,(H2,16,17,18). The molecule has 0 unspecified atom stereocenters. The Kier molecular flexibility index (Phi) is 3.18. The molecule has 104 valence electrons. The molecule has 0 aliphatic heterocycles. The minimum atomic E-state index is 0.470. The van der Waals surface area contributed by atoms with Crippen LogP contribution in [0.5, 0.6) is 11.5 Å². The number of methoxy groups -OCH3 is 2. The van der Waals surface area contributed by atoms with Crippen LogP contribution in [0.4, 0.5) is 5.82 Å². The molecule has 0 saturated heterocycles. The first-order valence-electron chi connectivity index (χ1n) is 6.58. The number of hydrogen-bond donors (Lipinski definition) is 1. The van der Waals surface area contributed by atoms with Gasteiger partial charge in [0, 0.05) is 17.5 Å². The Bertz CT molecular complexity index is 639. The summed E-state index contributed by atoms with van der Waals surface area (Å²) in [5.41, 5.74) is 7.64. The smallest absolute Gasteiger partial charge is 0.161 e. The van der Waals surface area contributed by atoms with E-state index in [9.17, 15) is 0 Å². The average Bonchev–Trinajstić information content (AvgIpc) is 3.30. The molecule has 0 spiro atoms. The van der Waals surface area contributed by atoms with Crippen LogP contribution in [-0.4, -0.2) is 24.2 Å². The van der Waals surface area contributed by atoms with E-state index in [1.54, 1.807) is 20.3 Å². The zero-order valence-electron chi connectivity index (χ0n) is 11.6. The van der Waals surface area contributed by atoms with Crippen LogP contribution in [0.25, 0.3) is 11.3 Å². The maximum absolute atomic E-state index is 5.88. The molecule has 2 N–H and O–H groups in total. The molecule has 1 aromatic carbocycles. The Morgan fingerprint density at radius 3 is 2.45 bits per heavy atom. The van der Waals surface area contributed by atoms with Crippen molar-refractivity contribution in [3.63, 3.8) is 0 Å². The molecule has 1 aliphatic rings. The zero-order valence-corrected chi connectivity index (χ0v) is 11.6. The lowest BCUT2D eigenvalue weighted by molar-refractivity contribution is 0.355. The van der Waals surface area contributed by atoms with Crippen LogP contribution in [0.15, 0.2) is 24.3 Å². The second-order valence-electron chi connectivity index (χ2n) is 4.88. The van der Waals surface area contributed by atoms with Gasteiger partial charge < -0.3 is 15.2 Å². The van der Waals surface area contributed by atoms with Gasteiger partial charge in [-0.2, -0.15) is 0 Å². The number of nitrogens with two attached hydrogens (primary N) is 1. The lowest BCUT2D eigenvalue weighted by Gasteiger charge is -2.10. The maximum Gasteiger partial charge on any atom is 0.161 e. The molecule has 2 aromatic rings. The number of benzene rings is 1. The molecular weight excluding hydrogens is 254 g/mol. The highest BCUT2D eigenvalue weighted by Gasteiger charge is 2.27. The monoisotopic (exact) mass is 271 g/mol. The number of aromatic nitrogens is 2. The summed E-state index contributed by atoms with van der Waals surface area (Å²) in [4.78, 5) is 8.92. The summed E-state index contributed by atoms with van der Waals surface area (Å²) < 4.78 is 10.6. The number of rotatable bonds is 4. The first kappa shape index (κ1) is 12.7. The summed E-state index contributed by atoms with van der Waals surface area (Å²) >= 11 is 0. The predicted molar refractivity (Wildman–Crippen MR) is 77.0 cm³/mol. The van der Waals surface area contributed by atoms with Gasteiger partial charge in [-0.25, -0.2) is 9.97 Å². The zero-order chi connectivity index (χ0) is 14.1. The molecule has 20 heavy (non-hydrogen) atoms. The minimum absolute atomic E-state index is 0.470. The first-order valence-corrected chi connectivity index (χ1v) is 6.58. The fraction of sp³-hybridized carbons (Fsp3) is 0.333. The topological polar surface area (TPSA) is 70.3 Å². The summed E-state index contributed by atoms with van der Waals surface area (Å²) in [7, 11) is 3.23. The molecule has 5 heteroatoms. The molecule has 0 bridgehead atoms. The van der Waals surface area contributed by atoms with Crippen LogP contribution in [0, 0.1) is 0 Å². The van der Waals surface area contributed by atoms with E-state index in [1.807, 2.05) is 18.2 Å². The van der Waals surface area contributed by atoms with E-state index < -0.39 is 0 Å². The lowest BCUT2D eigenvalue weighted by Crippen LogP contribution is -2.00. The normalized spacial score (nSPS) is 14.1. The second-order valence-corrected chi connectivity index (χ2v) is 4.88. The molecule has 0 radical (unpaired) electrons. The van der Waals surface area contributed by atoms with E-state index in [4.69, 9.17) is 15.2 Å².